The maximum atomic E-state index is 5.88. The molecule has 64 valence electrons. The van der Waals surface area contributed by atoms with E-state index in [0.29, 0.717) is 12.0 Å². The lowest BCUT2D eigenvalue weighted by atomic mass is 9.53. The Bertz CT molecular complexity index is 308. The third-order valence-electron chi connectivity index (χ3n) is 3.18. The summed E-state index contributed by atoms with van der Waals surface area (Å²) in [5, 5.41) is 0. The molecule has 1 aromatic carbocycles. The van der Waals surface area contributed by atoms with Crippen LogP contribution in [0.2, 0.25) is 0 Å². The molecule has 0 spiro atoms. The van der Waals surface area contributed by atoms with Crippen LogP contribution >= 0.6 is 0 Å². The monoisotopic (exact) mass is 162 g/mol. The molecular weight excluding hydrogens is 148 g/mol. The molecule has 2 aliphatic carbocycles. The molecule has 1 saturated carbocycles. The zero-order valence-corrected chi connectivity index (χ0v) is 7.03. The van der Waals surface area contributed by atoms with Gasteiger partial charge < -0.3 is 11.9 Å². The molecule has 5 N–H and O–H groups in total. The van der Waals surface area contributed by atoms with Gasteiger partial charge in [-0.3, -0.25) is 0 Å². The zero-order chi connectivity index (χ0) is 7.42. The Kier molecular flexibility index (Phi) is 1.50. The average Bonchev–Trinajstić information content (AvgIpc) is 1.99. The molecule has 3 atom stereocenters. The SMILES string of the molecule is N.NC1CC2c3ccccc3C12. The van der Waals surface area contributed by atoms with E-state index in [-0.39, 0.29) is 6.15 Å². The lowest BCUT2D eigenvalue weighted by Crippen LogP contribution is -2.50. The lowest BCUT2D eigenvalue weighted by molar-refractivity contribution is 0.242. The second kappa shape index (κ2) is 2.31. The van der Waals surface area contributed by atoms with Crippen molar-refractivity contribution in [2.45, 2.75) is 24.3 Å². The highest BCUT2D eigenvalue weighted by Gasteiger charge is 2.49. The molecule has 0 aliphatic heterocycles. The molecule has 0 aromatic heterocycles. The summed E-state index contributed by atoms with van der Waals surface area (Å²) in [5.41, 5.74) is 8.94. The van der Waals surface area contributed by atoms with Gasteiger partial charge in [0.05, 0.1) is 0 Å². The van der Waals surface area contributed by atoms with E-state index in [1.807, 2.05) is 0 Å². The van der Waals surface area contributed by atoms with Gasteiger partial charge in [-0.25, -0.2) is 0 Å². The van der Waals surface area contributed by atoms with Crippen LogP contribution in [0.1, 0.15) is 29.4 Å². The molecule has 0 bridgehead atoms. The van der Waals surface area contributed by atoms with Crippen LogP contribution in [0.3, 0.4) is 0 Å². The Labute approximate surface area is 72.4 Å². The molecule has 0 saturated heterocycles. The summed E-state index contributed by atoms with van der Waals surface area (Å²) in [4.78, 5) is 0. The van der Waals surface area contributed by atoms with Crippen LogP contribution in [0.5, 0.6) is 0 Å². The maximum Gasteiger partial charge on any atom is 0.0120 e. The minimum absolute atomic E-state index is 0. The molecule has 1 fully saturated rings. The van der Waals surface area contributed by atoms with E-state index >= 15 is 0 Å². The molecule has 12 heavy (non-hydrogen) atoms. The summed E-state index contributed by atoms with van der Waals surface area (Å²) in [6.07, 6.45) is 1.21. The van der Waals surface area contributed by atoms with Gasteiger partial charge in [0.15, 0.2) is 0 Å². The van der Waals surface area contributed by atoms with Crippen molar-refractivity contribution in [2.75, 3.05) is 0 Å². The summed E-state index contributed by atoms with van der Waals surface area (Å²) < 4.78 is 0. The smallest absolute Gasteiger partial charge is 0.0120 e. The van der Waals surface area contributed by atoms with Gasteiger partial charge in [0.25, 0.3) is 0 Å². The number of fused-ring (bicyclic) bond motifs is 4. The fourth-order valence-electron chi connectivity index (χ4n) is 2.51. The fraction of sp³-hybridized carbons (Fsp3) is 0.400. The van der Waals surface area contributed by atoms with Crippen molar-refractivity contribution < 1.29 is 0 Å². The van der Waals surface area contributed by atoms with Crippen LogP contribution in [-0.4, -0.2) is 6.04 Å². The molecule has 3 rings (SSSR count). The van der Waals surface area contributed by atoms with Crippen LogP contribution in [0.25, 0.3) is 0 Å². The molecule has 0 radical (unpaired) electrons. The van der Waals surface area contributed by atoms with E-state index in [4.69, 9.17) is 5.73 Å². The summed E-state index contributed by atoms with van der Waals surface area (Å²) in [6.45, 7) is 0. The number of nitrogens with two attached hydrogens (primary N) is 1. The Balaban J connectivity index is 0.000000563. The van der Waals surface area contributed by atoms with Gasteiger partial charge in [-0.05, 0) is 23.5 Å². The van der Waals surface area contributed by atoms with Gasteiger partial charge in [0, 0.05) is 12.0 Å². The van der Waals surface area contributed by atoms with Crippen molar-refractivity contribution in [3.05, 3.63) is 35.4 Å². The highest BCUT2D eigenvalue weighted by molar-refractivity contribution is 5.50. The van der Waals surface area contributed by atoms with Crippen molar-refractivity contribution in [1.29, 1.82) is 0 Å². The number of rotatable bonds is 0. The van der Waals surface area contributed by atoms with Crippen molar-refractivity contribution in [3.63, 3.8) is 0 Å². The van der Waals surface area contributed by atoms with Crippen molar-refractivity contribution >= 4 is 0 Å². The summed E-state index contributed by atoms with van der Waals surface area (Å²) in [7, 11) is 0. The third-order valence-corrected chi connectivity index (χ3v) is 3.18. The van der Waals surface area contributed by atoms with Gasteiger partial charge in [0.2, 0.25) is 0 Å². The quantitative estimate of drug-likeness (QED) is 0.610. The molecule has 0 heterocycles. The standard InChI is InChI=1S/C10H11N.H3N/c11-9-5-8-6-3-1-2-4-7(6)10(8)9;/h1-4,8-10H,5,11H2;1H3. The molecule has 0 amide bonds. The number of hydrogen-bond donors (Lipinski definition) is 2. The van der Waals surface area contributed by atoms with Gasteiger partial charge in [-0.2, -0.15) is 0 Å². The first-order chi connectivity index (χ1) is 5.38. The first-order valence-corrected chi connectivity index (χ1v) is 4.22. The molecule has 2 aliphatic rings. The van der Waals surface area contributed by atoms with Crippen LogP contribution in [-0.2, 0) is 0 Å². The van der Waals surface area contributed by atoms with Crippen LogP contribution in [0.4, 0.5) is 0 Å². The normalized spacial score (nSPS) is 34.9. The van der Waals surface area contributed by atoms with Crippen LogP contribution in [0.15, 0.2) is 24.3 Å². The van der Waals surface area contributed by atoms with Crippen molar-refractivity contribution in [3.8, 4) is 0 Å². The maximum absolute atomic E-state index is 5.88. The summed E-state index contributed by atoms with van der Waals surface area (Å²) >= 11 is 0. The first-order valence-electron chi connectivity index (χ1n) is 4.22. The predicted molar refractivity (Wildman–Crippen MR) is 49.5 cm³/mol. The second-order valence-electron chi connectivity index (χ2n) is 3.66. The fourth-order valence-corrected chi connectivity index (χ4v) is 2.51. The van der Waals surface area contributed by atoms with Crippen LogP contribution < -0.4 is 11.9 Å². The second-order valence-corrected chi connectivity index (χ2v) is 3.66. The highest BCUT2D eigenvalue weighted by atomic mass is 14.7. The minimum atomic E-state index is 0. The molecule has 1 aromatic rings. The summed E-state index contributed by atoms with van der Waals surface area (Å²) in [5.74, 6) is 1.53. The minimum Gasteiger partial charge on any atom is -0.344 e. The van der Waals surface area contributed by atoms with E-state index in [9.17, 15) is 0 Å². The number of benzene rings is 1. The van der Waals surface area contributed by atoms with Gasteiger partial charge in [-0.15, -0.1) is 0 Å². The Hall–Kier alpha value is -0.860. The lowest BCUT2D eigenvalue weighted by Gasteiger charge is -2.52. The van der Waals surface area contributed by atoms with Gasteiger partial charge >= 0.3 is 0 Å². The van der Waals surface area contributed by atoms with E-state index in [0.717, 1.165) is 5.92 Å². The van der Waals surface area contributed by atoms with Gasteiger partial charge in [-0.1, -0.05) is 24.3 Å². The number of hydrogen-bond acceptors (Lipinski definition) is 2. The van der Waals surface area contributed by atoms with Crippen LogP contribution in [0, 0.1) is 0 Å². The Morgan fingerprint density at radius 2 is 1.83 bits per heavy atom. The molecule has 2 heteroatoms. The summed E-state index contributed by atoms with van der Waals surface area (Å²) in [6, 6.07) is 9.14. The van der Waals surface area contributed by atoms with E-state index in [2.05, 4.69) is 24.3 Å². The topological polar surface area (TPSA) is 61.0 Å². The third kappa shape index (κ3) is 0.667. The van der Waals surface area contributed by atoms with E-state index in [1.54, 1.807) is 5.56 Å². The Morgan fingerprint density at radius 3 is 2.50 bits per heavy atom. The average molecular weight is 162 g/mol. The first kappa shape index (κ1) is 7.77. The van der Waals surface area contributed by atoms with E-state index < -0.39 is 0 Å². The van der Waals surface area contributed by atoms with Gasteiger partial charge in [0.1, 0.15) is 0 Å². The van der Waals surface area contributed by atoms with Crippen molar-refractivity contribution in [2.24, 2.45) is 5.73 Å². The van der Waals surface area contributed by atoms with Crippen molar-refractivity contribution in [1.82, 2.24) is 6.15 Å². The molecule has 2 nitrogen and oxygen atoms in total. The molecule has 3 unspecified atom stereocenters. The Morgan fingerprint density at radius 1 is 1.17 bits per heavy atom. The molecular formula is C10H14N2. The van der Waals surface area contributed by atoms with E-state index in [1.165, 1.54) is 12.0 Å². The predicted octanol–water partition coefficient (Wildman–Crippen LogP) is 1.76. The largest absolute Gasteiger partial charge is 0.344 e. The highest BCUT2D eigenvalue weighted by Crippen LogP contribution is 2.58. The zero-order valence-electron chi connectivity index (χ0n) is 7.03.